The summed E-state index contributed by atoms with van der Waals surface area (Å²) in [4.78, 5) is -0.153. The Labute approximate surface area is 187 Å². The molecule has 0 aliphatic rings. The molecule has 2 aromatic carbocycles. The Morgan fingerprint density at radius 3 is 2.46 bits per heavy atom. The fraction of sp³-hybridized carbons (Fsp3) is 0.235. The molecule has 0 amide bonds. The van der Waals surface area contributed by atoms with E-state index in [0.717, 1.165) is 12.8 Å². The number of unbranched alkanes of at least 4 members (excludes halogenated alkanes) is 1. The summed E-state index contributed by atoms with van der Waals surface area (Å²) < 4.78 is 30.2. The van der Waals surface area contributed by atoms with Gasteiger partial charge in [0, 0.05) is 6.54 Å². The Bertz CT molecular complexity index is 859. The average molecular weight is 419 g/mol. The minimum absolute atomic E-state index is 0. The molecule has 0 spiro atoms. The van der Waals surface area contributed by atoms with Gasteiger partial charge in [0.05, 0.1) is 5.69 Å². The maximum atomic E-state index is 12.1. The number of para-hydroxylation sites is 1. The van der Waals surface area contributed by atoms with E-state index in [-0.39, 0.29) is 44.4 Å². The van der Waals surface area contributed by atoms with Gasteiger partial charge in [-0.1, -0.05) is 31.5 Å². The van der Waals surface area contributed by atoms with E-state index in [4.69, 9.17) is 34.7 Å². The zero-order valence-electron chi connectivity index (χ0n) is 14.7. The largest absolute Gasteiger partial charge is 1.00 e. The molecule has 0 aromatic heterocycles. The third-order valence-electron chi connectivity index (χ3n) is 3.41. The number of hydrogen-bond donors (Lipinski definition) is 2. The SMILES string of the molecule is CCCCNc1cc(C(=S)[S-])cc(S(N)(=O)=O)c1Oc1ccccc1.[Na+]. The van der Waals surface area contributed by atoms with E-state index in [2.05, 4.69) is 12.2 Å². The molecule has 0 fully saturated rings. The normalized spacial score (nSPS) is 10.7. The number of sulfonamides is 1. The van der Waals surface area contributed by atoms with Crippen LogP contribution in [0.25, 0.3) is 0 Å². The molecule has 0 aliphatic heterocycles. The van der Waals surface area contributed by atoms with Crippen LogP contribution in [0, 0.1) is 0 Å². The molecule has 0 radical (unpaired) electrons. The molecule has 0 bridgehead atoms. The summed E-state index contributed by atoms with van der Waals surface area (Å²) in [7, 11) is -4.03. The van der Waals surface area contributed by atoms with Crippen LogP contribution >= 0.6 is 12.2 Å². The Morgan fingerprint density at radius 1 is 1.27 bits per heavy atom. The molecule has 5 nitrogen and oxygen atoms in total. The molecule has 9 heteroatoms. The van der Waals surface area contributed by atoms with Crippen molar-refractivity contribution in [1.29, 1.82) is 0 Å². The molecule has 0 atom stereocenters. The number of nitrogens with one attached hydrogen (secondary N) is 1. The summed E-state index contributed by atoms with van der Waals surface area (Å²) >= 11 is 10.0. The first-order valence-electron chi connectivity index (χ1n) is 7.72. The van der Waals surface area contributed by atoms with Gasteiger partial charge in [-0.25, -0.2) is 13.6 Å². The molecule has 0 saturated heterocycles. The summed E-state index contributed by atoms with van der Waals surface area (Å²) in [6.45, 7) is 2.72. The quantitative estimate of drug-likeness (QED) is 0.282. The number of anilines is 1. The minimum Gasteiger partial charge on any atom is -0.454 e. The number of hydrogen-bond acceptors (Lipinski definition) is 6. The molecule has 26 heavy (non-hydrogen) atoms. The van der Waals surface area contributed by atoms with Gasteiger partial charge in [0.1, 0.15) is 10.6 Å². The predicted octanol–water partition coefficient (Wildman–Crippen LogP) is 0.565. The van der Waals surface area contributed by atoms with E-state index in [1.165, 1.54) is 6.07 Å². The van der Waals surface area contributed by atoms with Crippen LogP contribution in [0.5, 0.6) is 11.5 Å². The van der Waals surface area contributed by atoms with Crippen molar-refractivity contribution < 1.29 is 42.7 Å². The molecule has 134 valence electrons. The van der Waals surface area contributed by atoms with Gasteiger partial charge < -0.3 is 34.9 Å². The van der Waals surface area contributed by atoms with Crippen molar-refractivity contribution in [3.8, 4) is 11.5 Å². The van der Waals surface area contributed by atoms with Gasteiger partial charge >= 0.3 is 29.6 Å². The van der Waals surface area contributed by atoms with Gasteiger partial charge in [-0.3, -0.25) is 0 Å². The first-order valence-corrected chi connectivity index (χ1v) is 10.1. The second kappa shape index (κ2) is 10.6. The second-order valence-electron chi connectivity index (χ2n) is 5.38. The fourth-order valence-electron chi connectivity index (χ4n) is 2.17. The Morgan fingerprint density at radius 2 is 1.92 bits per heavy atom. The molecule has 0 heterocycles. The molecule has 2 rings (SSSR count). The standard InChI is InChI=1S/C17H20N2O3S3.Na/c1-2-3-9-19-14-10-12(17(23)24)11-15(25(18,20)21)16(14)22-13-7-5-4-6-8-13;/h4-8,10-11,19H,2-3,9H2,1H3,(H,23,24)(H2,18,20,21);/q;+1/p-1. The Balaban J connectivity index is 0.00000338. The van der Waals surface area contributed by atoms with E-state index in [1.807, 2.05) is 6.07 Å². The molecular weight excluding hydrogens is 399 g/mol. The topological polar surface area (TPSA) is 81.4 Å². The Hall–Kier alpha value is -0.740. The van der Waals surface area contributed by atoms with Crippen LogP contribution in [0.3, 0.4) is 0 Å². The molecule has 0 saturated carbocycles. The predicted molar refractivity (Wildman–Crippen MR) is 107 cm³/mol. The van der Waals surface area contributed by atoms with Gasteiger partial charge in [-0.15, -0.1) is 4.20 Å². The van der Waals surface area contributed by atoms with Crippen molar-refractivity contribution in [1.82, 2.24) is 0 Å². The van der Waals surface area contributed by atoms with E-state index >= 15 is 0 Å². The first kappa shape index (κ1) is 23.3. The fourth-order valence-corrected chi connectivity index (χ4v) is 3.11. The van der Waals surface area contributed by atoms with E-state index in [1.54, 1.807) is 30.3 Å². The van der Waals surface area contributed by atoms with Gasteiger partial charge in [-0.2, -0.15) is 0 Å². The molecule has 0 unspecified atom stereocenters. The summed E-state index contributed by atoms with van der Waals surface area (Å²) in [6, 6.07) is 11.9. The number of benzene rings is 2. The minimum atomic E-state index is -4.03. The van der Waals surface area contributed by atoms with Crippen LogP contribution in [-0.4, -0.2) is 19.2 Å². The summed E-state index contributed by atoms with van der Waals surface area (Å²) in [6.07, 6.45) is 1.90. The maximum Gasteiger partial charge on any atom is 1.00 e. The number of ether oxygens (including phenoxy) is 1. The summed E-state index contributed by atoms with van der Waals surface area (Å²) in [5.41, 5.74) is 0.930. The van der Waals surface area contributed by atoms with Crippen molar-refractivity contribution in [3.05, 3.63) is 48.0 Å². The zero-order valence-corrected chi connectivity index (χ0v) is 19.1. The molecule has 0 aliphatic carbocycles. The second-order valence-corrected chi connectivity index (χ2v) is 7.98. The zero-order chi connectivity index (χ0) is 18.4. The number of nitrogens with two attached hydrogens (primary N) is 1. The summed E-state index contributed by atoms with van der Waals surface area (Å²) in [5.74, 6) is 0.638. The van der Waals surface area contributed by atoms with Gasteiger partial charge in [0.15, 0.2) is 5.75 Å². The van der Waals surface area contributed by atoms with Crippen LogP contribution in [0.4, 0.5) is 5.69 Å². The first-order chi connectivity index (χ1) is 11.8. The van der Waals surface area contributed by atoms with Gasteiger partial charge in [-0.05, 0) is 36.2 Å². The van der Waals surface area contributed by atoms with Gasteiger partial charge in [0.25, 0.3) is 0 Å². The summed E-state index contributed by atoms with van der Waals surface area (Å²) in [5, 5.41) is 8.58. The van der Waals surface area contributed by atoms with E-state index in [0.29, 0.717) is 23.5 Å². The van der Waals surface area contributed by atoms with Crippen molar-refractivity contribution in [2.75, 3.05) is 11.9 Å². The molecule has 2 aromatic rings. The number of rotatable bonds is 8. The van der Waals surface area contributed by atoms with Crippen LogP contribution in [0.2, 0.25) is 0 Å². The van der Waals surface area contributed by atoms with Crippen molar-refractivity contribution >= 4 is 44.8 Å². The Kier molecular flexibility index (Phi) is 9.46. The smallest absolute Gasteiger partial charge is 0.454 e. The van der Waals surface area contributed by atoms with Crippen molar-refractivity contribution in [2.45, 2.75) is 24.7 Å². The van der Waals surface area contributed by atoms with Crippen LogP contribution in [0.1, 0.15) is 25.3 Å². The maximum absolute atomic E-state index is 12.1. The van der Waals surface area contributed by atoms with Gasteiger partial charge in [0.2, 0.25) is 10.0 Å². The van der Waals surface area contributed by atoms with Crippen LogP contribution < -0.4 is 44.7 Å². The van der Waals surface area contributed by atoms with Crippen molar-refractivity contribution in [2.24, 2.45) is 5.14 Å². The van der Waals surface area contributed by atoms with E-state index in [9.17, 15) is 8.42 Å². The molecule has 3 N–H and O–H groups in total. The third kappa shape index (κ3) is 6.45. The number of primary sulfonamides is 1. The van der Waals surface area contributed by atoms with Crippen LogP contribution in [-0.2, 0) is 22.7 Å². The monoisotopic (exact) mass is 418 g/mol. The number of thiocarbonyl (C=S) groups is 1. The molecular formula is C17H19N2NaO3S3. The van der Waals surface area contributed by atoms with Crippen molar-refractivity contribution in [3.63, 3.8) is 0 Å². The van der Waals surface area contributed by atoms with Crippen LogP contribution in [0.15, 0.2) is 47.4 Å². The third-order valence-corrected chi connectivity index (χ3v) is 4.79. The average Bonchev–Trinajstić information content (AvgIpc) is 2.56. The van der Waals surface area contributed by atoms with E-state index < -0.39 is 10.0 Å².